The van der Waals surface area contributed by atoms with Crippen molar-refractivity contribution in [2.24, 2.45) is 0 Å². The van der Waals surface area contributed by atoms with Crippen LogP contribution in [-0.2, 0) is 0 Å². The van der Waals surface area contributed by atoms with Crippen molar-refractivity contribution in [3.63, 3.8) is 0 Å². The minimum absolute atomic E-state index is 0.310. The molecule has 1 aromatic carbocycles. The summed E-state index contributed by atoms with van der Waals surface area (Å²) in [6.45, 7) is 0. The third kappa shape index (κ3) is 2.10. The van der Waals surface area contributed by atoms with E-state index in [-0.39, 0.29) is 0 Å². The summed E-state index contributed by atoms with van der Waals surface area (Å²) in [4.78, 5) is 1.58. The molecule has 0 radical (unpaired) electrons. The first-order chi connectivity index (χ1) is 10.1. The standard InChI is InChI=1S/C16H15Cl2FN2/c17-12-2-1-3-14(15(12)18)21-7-6-10-11(16(21)19)8-9-4-5-13(10)20-9/h1-3,6-7,9,13,16,20H,4-5,8H2. The Balaban J connectivity index is 1.72. The fourth-order valence-corrected chi connectivity index (χ4v) is 3.98. The fraction of sp³-hybridized carbons (Fsp3) is 0.375. The van der Waals surface area contributed by atoms with Crippen molar-refractivity contribution in [2.75, 3.05) is 4.90 Å². The fourth-order valence-electron chi connectivity index (χ4n) is 3.59. The van der Waals surface area contributed by atoms with Crippen LogP contribution in [-0.4, -0.2) is 18.4 Å². The topological polar surface area (TPSA) is 15.3 Å². The molecular formula is C16H15Cl2FN2. The van der Waals surface area contributed by atoms with Crippen LogP contribution in [0.5, 0.6) is 0 Å². The lowest BCUT2D eigenvalue weighted by Gasteiger charge is -2.36. The summed E-state index contributed by atoms with van der Waals surface area (Å²) in [7, 11) is 0. The molecule has 1 aromatic rings. The van der Waals surface area contributed by atoms with Crippen molar-refractivity contribution in [3.8, 4) is 0 Å². The lowest BCUT2D eigenvalue weighted by molar-refractivity contribution is 0.351. The SMILES string of the molecule is FC1C2=C(C=CN1c1cccc(Cl)c1Cl)C1CCC(C2)N1. The van der Waals surface area contributed by atoms with Gasteiger partial charge in [-0.2, -0.15) is 0 Å². The van der Waals surface area contributed by atoms with Crippen molar-refractivity contribution in [1.82, 2.24) is 5.32 Å². The van der Waals surface area contributed by atoms with Crippen LogP contribution in [0.3, 0.4) is 0 Å². The Labute approximate surface area is 133 Å². The number of halogens is 3. The number of rotatable bonds is 1. The van der Waals surface area contributed by atoms with Crippen LogP contribution >= 0.6 is 23.2 Å². The molecule has 0 aromatic heterocycles. The Kier molecular flexibility index (Phi) is 3.25. The van der Waals surface area contributed by atoms with Gasteiger partial charge < -0.3 is 10.2 Å². The number of nitrogens with zero attached hydrogens (tertiary/aromatic N) is 1. The normalized spacial score (nSPS) is 30.8. The molecule has 5 heteroatoms. The van der Waals surface area contributed by atoms with Crippen LogP contribution in [0.2, 0.25) is 10.0 Å². The van der Waals surface area contributed by atoms with Crippen molar-refractivity contribution in [2.45, 2.75) is 37.6 Å². The molecule has 0 saturated carbocycles. The van der Waals surface area contributed by atoms with E-state index in [2.05, 4.69) is 5.32 Å². The zero-order chi connectivity index (χ0) is 14.6. The van der Waals surface area contributed by atoms with Crippen LogP contribution in [0.4, 0.5) is 10.1 Å². The van der Waals surface area contributed by atoms with Crippen LogP contribution in [0.25, 0.3) is 0 Å². The van der Waals surface area contributed by atoms with E-state index in [9.17, 15) is 0 Å². The van der Waals surface area contributed by atoms with Crippen LogP contribution in [0.15, 0.2) is 41.6 Å². The second kappa shape index (κ2) is 5.01. The summed E-state index contributed by atoms with van der Waals surface area (Å²) in [5.74, 6) is 0. The summed E-state index contributed by atoms with van der Waals surface area (Å²) in [6.07, 6.45) is 5.62. The highest BCUT2D eigenvalue weighted by molar-refractivity contribution is 6.43. The Morgan fingerprint density at radius 3 is 2.95 bits per heavy atom. The molecule has 3 aliphatic heterocycles. The van der Waals surface area contributed by atoms with Crippen molar-refractivity contribution in [1.29, 1.82) is 0 Å². The molecule has 4 rings (SSSR count). The van der Waals surface area contributed by atoms with E-state index in [1.807, 2.05) is 6.08 Å². The molecular weight excluding hydrogens is 310 g/mol. The van der Waals surface area contributed by atoms with Gasteiger partial charge in [-0.15, -0.1) is 0 Å². The lowest BCUT2D eigenvalue weighted by atomic mass is 9.91. The highest BCUT2D eigenvalue weighted by Crippen LogP contribution is 2.42. The zero-order valence-electron chi connectivity index (χ0n) is 11.3. The van der Waals surface area contributed by atoms with Gasteiger partial charge in [0.25, 0.3) is 0 Å². The molecule has 21 heavy (non-hydrogen) atoms. The molecule has 0 aliphatic carbocycles. The predicted molar refractivity (Wildman–Crippen MR) is 84.6 cm³/mol. The summed E-state index contributed by atoms with van der Waals surface area (Å²) in [5, 5.41) is 4.38. The highest BCUT2D eigenvalue weighted by atomic mass is 35.5. The molecule has 1 N–H and O–H groups in total. The van der Waals surface area contributed by atoms with Crippen molar-refractivity contribution >= 4 is 28.9 Å². The average molecular weight is 325 g/mol. The molecule has 1 saturated heterocycles. The Bertz CT molecular complexity index is 656. The maximum atomic E-state index is 15.0. The van der Waals surface area contributed by atoms with Gasteiger partial charge in [0.05, 0.1) is 15.7 Å². The van der Waals surface area contributed by atoms with Gasteiger partial charge in [-0.1, -0.05) is 29.3 Å². The number of benzene rings is 1. The number of nitrogens with one attached hydrogen (secondary N) is 1. The molecule has 1 fully saturated rings. The monoisotopic (exact) mass is 324 g/mol. The van der Waals surface area contributed by atoms with Crippen LogP contribution < -0.4 is 10.2 Å². The van der Waals surface area contributed by atoms with Crippen LogP contribution in [0.1, 0.15) is 19.3 Å². The Morgan fingerprint density at radius 1 is 1.24 bits per heavy atom. The van der Waals surface area contributed by atoms with E-state index in [1.165, 1.54) is 0 Å². The molecule has 2 bridgehead atoms. The second-order valence-corrected chi connectivity index (χ2v) is 6.60. The number of alkyl halides is 1. The molecule has 3 heterocycles. The first-order valence-corrected chi connectivity index (χ1v) is 7.94. The van der Waals surface area contributed by atoms with Gasteiger partial charge in [-0.3, -0.25) is 0 Å². The minimum atomic E-state index is -1.16. The summed E-state index contributed by atoms with van der Waals surface area (Å²) in [5.41, 5.74) is 2.62. The molecule has 0 amide bonds. The third-order valence-corrected chi connectivity index (χ3v) is 5.42. The predicted octanol–water partition coefficient (Wildman–Crippen LogP) is 4.44. The first-order valence-electron chi connectivity index (χ1n) is 7.19. The van der Waals surface area contributed by atoms with E-state index in [4.69, 9.17) is 23.2 Å². The van der Waals surface area contributed by atoms with E-state index in [0.717, 1.165) is 30.4 Å². The smallest absolute Gasteiger partial charge is 0.198 e. The minimum Gasteiger partial charge on any atom is -0.313 e. The van der Waals surface area contributed by atoms with Crippen molar-refractivity contribution < 1.29 is 4.39 Å². The van der Waals surface area contributed by atoms with Gasteiger partial charge in [-0.05, 0) is 48.6 Å². The second-order valence-electron chi connectivity index (χ2n) is 5.81. The van der Waals surface area contributed by atoms with Gasteiger partial charge in [0, 0.05) is 18.3 Å². The first kappa shape index (κ1) is 13.6. The molecule has 3 aliphatic rings. The average Bonchev–Trinajstić information content (AvgIpc) is 2.86. The molecule has 110 valence electrons. The van der Waals surface area contributed by atoms with E-state index in [0.29, 0.717) is 27.8 Å². The summed E-state index contributed by atoms with van der Waals surface area (Å²) in [6, 6.07) is 6.02. The quantitative estimate of drug-likeness (QED) is 0.768. The zero-order valence-corrected chi connectivity index (χ0v) is 12.8. The van der Waals surface area contributed by atoms with Crippen molar-refractivity contribution in [3.05, 3.63) is 51.7 Å². The number of anilines is 1. The van der Waals surface area contributed by atoms with Gasteiger partial charge in [0.15, 0.2) is 6.30 Å². The third-order valence-electron chi connectivity index (χ3n) is 4.61. The number of hydrogen-bond donors (Lipinski definition) is 1. The maximum absolute atomic E-state index is 15.0. The Morgan fingerprint density at radius 2 is 2.10 bits per heavy atom. The Hall–Kier alpha value is -1.03. The van der Waals surface area contributed by atoms with Crippen LogP contribution in [0, 0.1) is 0 Å². The molecule has 2 nitrogen and oxygen atoms in total. The molecule has 3 unspecified atom stereocenters. The highest BCUT2D eigenvalue weighted by Gasteiger charge is 2.39. The largest absolute Gasteiger partial charge is 0.313 e. The van der Waals surface area contributed by atoms with E-state index >= 15 is 4.39 Å². The van der Waals surface area contributed by atoms with Gasteiger partial charge in [0.2, 0.25) is 0 Å². The molecule has 0 spiro atoms. The van der Waals surface area contributed by atoms with E-state index < -0.39 is 6.30 Å². The summed E-state index contributed by atoms with van der Waals surface area (Å²) >= 11 is 12.3. The summed E-state index contributed by atoms with van der Waals surface area (Å²) < 4.78 is 15.0. The number of hydrogen-bond acceptors (Lipinski definition) is 2. The lowest BCUT2D eigenvalue weighted by Crippen LogP contribution is -2.42. The van der Waals surface area contributed by atoms with Gasteiger partial charge in [0.1, 0.15) is 0 Å². The maximum Gasteiger partial charge on any atom is 0.198 e. The molecule has 3 atom stereocenters. The van der Waals surface area contributed by atoms with Gasteiger partial charge >= 0.3 is 0 Å². The van der Waals surface area contributed by atoms with E-state index in [1.54, 1.807) is 29.3 Å². The van der Waals surface area contributed by atoms with Gasteiger partial charge in [-0.25, -0.2) is 4.39 Å². The number of fused-ring (bicyclic) bond motifs is 3.